The van der Waals surface area contributed by atoms with Gasteiger partial charge in [-0.1, -0.05) is 66.7 Å². The number of carbonyl (C=O) groups is 1. The summed E-state index contributed by atoms with van der Waals surface area (Å²) in [5.41, 5.74) is 4.97. The lowest BCUT2D eigenvalue weighted by atomic mass is 10.0. The van der Waals surface area contributed by atoms with Crippen molar-refractivity contribution in [3.05, 3.63) is 96.7 Å². The monoisotopic (exact) mass is 352 g/mol. The molecule has 4 nitrogen and oxygen atoms in total. The van der Waals surface area contributed by atoms with E-state index in [4.69, 9.17) is 5.11 Å². The number of benzene rings is 3. The SMILES string of the molecule is O=C(O)c1cccc(-c2nccc(-c3ccc(-c4ccccc4)cc3)n2)c1. The second-order valence-corrected chi connectivity index (χ2v) is 6.09. The highest BCUT2D eigenvalue weighted by Gasteiger charge is 2.08. The van der Waals surface area contributed by atoms with Crippen LogP contribution in [0.15, 0.2) is 91.1 Å². The van der Waals surface area contributed by atoms with E-state index in [0.717, 1.165) is 22.4 Å². The van der Waals surface area contributed by atoms with Crippen LogP contribution in [0, 0.1) is 0 Å². The van der Waals surface area contributed by atoms with Crippen LogP contribution in [-0.4, -0.2) is 21.0 Å². The Labute approximate surface area is 156 Å². The molecule has 0 spiro atoms. The summed E-state index contributed by atoms with van der Waals surface area (Å²) in [6.07, 6.45) is 1.69. The minimum Gasteiger partial charge on any atom is -0.478 e. The molecule has 0 unspecified atom stereocenters. The first-order chi connectivity index (χ1) is 13.2. The molecule has 27 heavy (non-hydrogen) atoms. The van der Waals surface area contributed by atoms with Gasteiger partial charge in [-0.3, -0.25) is 0 Å². The fraction of sp³-hybridized carbons (Fsp3) is 0. The number of aromatic nitrogens is 2. The Morgan fingerprint density at radius 2 is 1.37 bits per heavy atom. The zero-order valence-corrected chi connectivity index (χ0v) is 14.4. The molecule has 0 fully saturated rings. The Balaban J connectivity index is 1.67. The lowest BCUT2D eigenvalue weighted by Crippen LogP contribution is -1.97. The van der Waals surface area contributed by atoms with E-state index in [1.807, 2.05) is 42.5 Å². The van der Waals surface area contributed by atoms with Crippen LogP contribution in [-0.2, 0) is 0 Å². The molecular formula is C23H16N2O2. The summed E-state index contributed by atoms with van der Waals surface area (Å²) in [7, 11) is 0. The fourth-order valence-electron chi connectivity index (χ4n) is 2.91. The fourth-order valence-corrected chi connectivity index (χ4v) is 2.91. The summed E-state index contributed by atoms with van der Waals surface area (Å²) < 4.78 is 0. The summed E-state index contributed by atoms with van der Waals surface area (Å²) >= 11 is 0. The van der Waals surface area contributed by atoms with Crippen molar-refractivity contribution in [2.24, 2.45) is 0 Å². The molecule has 0 amide bonds. The minimum absolute atomic E-state index is 0.216. The summed E-state index contributed by atoms with van der Waals surface area (Å²) in [6.45, 7) is 0. The molecule has 130 valence electrons. The molecule has 0 bridgehead atoms. The normalized spacial score (nSPS) is 10.5. The van der Waals surface area contributed by atoms with E-state index >= 15 is 0 Å². The number of carboxylic acids is 1. The van der Waals surface area contributed by atoms with Crippen molar-refractivity contribution in [1.29, 1.82) is 0 Å². The van der Waals surface area contributed by atoms with Gasteiger partial charge < -0.3 is 5.11 Å². The van der Waals surface area contributed by atoms with E-state index in [0.29, 0.717) is 11.4 Å². The van der Waals surface area contributed by atoms with Gasteiger partial charge in [-0.25, -0.2) is 14.8 Å². The molecule has 0 radical (unpaired) electrons. The van der Waals surface area contributed by atoms with E-state index < -0.39 is 5.97 Å². The molecule has 0 aliphatic rings. The molecule has 0 atom stereocenters. The molecule has 0 aliphatic heterocycles. The topological polar surface area (TPSA) is 63.1 Å². The van der Waals surface area contributed by atoms with Crippen LogP contribution >= 0.6 is 0 Å². The van der Waals surface area contributed by atoms with E-state index in [1.165, 1.54) is 0 Å². The summed E-state index contributed by atoms with van der Waals surface area (Å²) in [6, 6.07) is 26.9. The van der Waals surface area contributed by atoms with Crippen LogP contribution in [0.3, 0.4) is 0 Å². The second kappa shape index (κ2) is 7.22. The van der Waals surface area contributed by atoms with Crippen molar-refractivity contribution >= 4 is 5.97 Å². The molecular weight excluding hydrogens is 336 g/mol. The highest BCUT2D eigenvalue weighted by Crippen LogP contribution is 2.25. The number of aromatic carboxylic acids is 1. The van der Waals surface area contributed by atoms with Gasteiger partial charge in [0.2, 0.25) is 0 Å². The van der Waals surface area contributed by atoms with Gasteiger partial charge in [0.05, 0.1) is 11.3 Å². The summed E-state index contributed by atoms with van der Waals surface area (Å²) in [5, 5.41) is 9.17. The summed E-state index contributed by atoms with van der Waals surface area (Å²) in [4.78, 5) is 20.1. The quantitative estimate of drug-likeness (QED) is 0.550. The van der Waals surface area contributed by atoms with E-state index in [9.17, 15) is 4.79 Å². The van der Waals surface area contributed by atoms with Crippen molar-refractivity contribution in [2.75, 3.05) is 0 Å². The lowest BCUT2D eigenvalue weighted by molar-refractivity contribution is 0.0697. The average Bonchev–Trinajstić information content (AvgIpc) is 2.75. The highest BCUT2D eigenvalue weighted by molar-refractivity contribution is 5.89. The molecule has 4 rings (SSSR count). The van der Waals surface area contributed by atoms with Crippen molar-refractivity contribution in [1.82, 2.24) is 9.97 Å². The maximum absolute atomic E-state index is 11.2. The van der Waals surface area contributed by atoms with Crippen LogP contribution in [0.5, 0.6) is 0 Å². The molecule has 3 aromatic carbocycles. The Morgan fingerprint density at radius 3 is 2.11 bits per heavy atom. The zero-order valence-electron chi connectivity index (χ0n) is 14.4. The zero-order chi connectivity index (χ0) is 18.6. The van der Waals surface area contributed by atoms with Crippen LogP contribution in [0.1, 0.15) is 10.4 Å². The van der Waals surface area contributed by atoms with Gasteiger partial charge in [-0.15, -0.1) is 0 Å². The predicted molar refractivity (Wildman–Crippen MR) is 105 cm³/mol. The van der Waals surface area contributed by atoms with Gasteiger partial charge in [0, 0.05) is 17.3 Å². The Morgan fingerprint density at radius 1 is 0.704 bits per heavy atom. The third kappa shape index (κ3) is 3.60. The van der Waals surface area contributed by atoms with Crippen molar-refractivity contribution in [3.8, 4) is 33.8 Å². The predicted octanol–water partition coefficient (Wildman–Crippen LogP) is 5.18. The largest absolute Gasteiger partial charge is 0.478 e. The smallest absolute Gasteiger partial charge is 0.335 e. The summed E-state index contributed by atoms with van der Waals surface area (Å²) in [5.74, 6) is -0.466. The van der Waals surface area contributed by atoms with Gasteiger partial charge in [-0.2, -0.15) is 0 Å². The maximum atomic E-state index is 11.2. The minimum atomic E-state index is -0.968. The van der Waals surface area contributed by atoms with Crippen LogP contribution in [0.25, 0.3) is 33.8 Å². The number of nitrogens with zero attached hydrogens (tertiary/aromatic N) is 2. The Bertz CT molecular complexity index is 1090. The van der Waals surface area contributed by atoms with Gasteiger partial charge >= 0.3 is 5.97 Å². The van der Waals surface area contributed by atoms with E-state index in [1.54, 1.807) is 24.4 Å². The third-order valence-electron chi connectivity index (χ3n) is 4.31. The second-order valence-electron chi connectivity index (χ2n) is 6.09. The molecule has 1 N–H and O–H groups in total. The maximum Gasteiger partial charge on any atom is 0.335 e. The van der Waals surface area contributed by atoms with E-state index in [-0.39, 0.29) is 5.56 Å². The molecule has 1 aromatic heterocycles. The van der Waals surface area contributed by atoms with Crippen LogP contribution < -0.4 is 0 Å². The van der Waals surface area contributed by atoms with Crippen LogP contribution in [0.2, 0.25) is 0 Å². The highest BCUT2D eigenvalue weighted by atomic mass is 16.4. The molecule has 0 aliphatic carbocycles. The number of carboxylic acid groups (broad SMARTS) is 1. The standard InChI is InChI=1S/C23H16N2O2/c26-23(27)20-8-4-7-19(15-20)22-24-14-13-21(25-22)18-11-9-17(10-12-18)16-5-2-1-3-6-16/h1-15H,(H,26,27). The number of rotatable bonds is 4. The first-order valence-corrected chi connectivity index (χ1v) is 8.53. The van der Waals surface area contributed by atoms with Gasteiger partial charge in [0.15, 0.2) is 5.82 Å². The Kier molecular flexibility index (Phi) is 4.45. The first kappa shape index (κ1) is 16.7. The molecule has 4 heteroatoms. The van der Waals surface area contributed by atoms with Crippen molar-refractivity contribution < 1.29 is 9.90 Å². The molecule has 1 heterocycles. The van der Waals surface area contributed by atoms with Gasteiger partial charge in [0.1, 0.15) is 0 Å². The first-order valence-electron chi connectivity index (χ1n) is 8.53. The third-order valence-corrected chi connectivity index (χ3v) is 4.31. The van der Waals surface area contributed by atoms with E-state index in [2.05, 4.69) is 34.2 Å². The molecule has 0 saturated carbocycles. The Hall–Kier alpha value is -3.79. The van der Waals surface area contributed by atoms with Crippen molar-refractivity contribution in [3.63, 3.8) is 0 Å². The molecule has 0 saturated heterocycles. The lowest BCUT2D eigenvalue weighted by Gasteiger charge is -2.07. The van der Waals surface area contributed by atoms with Crippen LogP contribution in [0.4, 0.5) is 0 Å². The van der Waals surface area contributed by atoms with Crippen molar-refractivity contribution in [2.45, 2.75) is 0 Å². The van der Waals surface area contributed by atoms with Gasteiger partial charge in [-0.05, 0) is 29.3 Å². The molecule has 4 aromatic rings. The number of hydrogen-bond donors (Lipinski definition) is 1. The average molecular weight is 352 g/mol. The number of hydrogen-bond acceptors (Lipinski definition) is 3. The van der Waals surface area contributed by atoms with Gasteiger partial charge in [0.25, 0.3) is 0 Å².